The number of para-hydroxylation sites is 1. The summed E-state index contributed by atoms with van der Waals surface area (Å²) in [6, 6.07) is 13.7. The number of hydrogen-bond donors (Lipinski definition) is 2. The zero-order valence-corrected chi connectivity index (χ0v) is 14.2. The molecule has 0 bridgehead atoms. The lowest BCUT2D eigenvalue weighted by atomic mass is 10.1. The topological polar surface area (TPSA) is 61.4 Å². The average Bonchev–Trinajstić information content (AvgIpc) is 3.15. The number of benzene rings is 2. The van der Waals surface area contributed by atoms with Crippen molar-refractivity contribution in [3.63, 3.8) is 0 Å². The quantitative estimate of drug-likeness (QED) is 0.754. The number of aromatic hydroxyl groups is 1. The molecule has 2 heterocycles. The Morgan fingerprint density at radius 2 is 2.00 bits per heavy atom. The van der Waals surface area contributed by atoms with E-state index in [0.29, 0.717) is 25.5 Å². The zero-order valence-electron chi connectivity index (χ0n) is 14.2. The van der Waals surface area contributed by atoms with Crippen LogP contribution in [0.1, 0.15) is 17.4 Å². The van der Waals surface area contributed by atoms with Gasteiger partial charge in [0.15, 0.2) is 0 Å². The van der Waals surface area contributed by atoms with E-state index in [4.69, 9.17) is 4.74 Å². The summed E-state index contributed by atoms with van der Waals surface area (Å²) >= 11 is 0. The second-order valence-electron chi connectivity index (χ2n) is 6.38. The molecule has 0 saturated carbocycles. The number of halogens is 1. The summed E-state index contributed by atoms with van der Waals surface area (Å²) in [4.78, 5) is 10.1. The van der Waals surface area contributed by atoms with Gasteiger partial charge in [-0.15, -0.1) is 0 Å². The molecule has 3 aromatic rings. The molecule has 4 rings (SSSR count). The fourth-order valence-corrected chi connectivity index (χ4v) is 3.22. The molecule has 1 saturated heterocycles. The highest BCUT2D eigenvalue weighted by Crippen LogP contribution is 2.28. The highest BCUT2D eigenvalue weighted by Gasteiger charge is 2.27. The minimum Gasteiger partial charge on any atom is -0.508 e. The molecule has 6 heteroatoms. The van der Waals surface area contributed by atoms with E-state index in [-0.39, 0.29) is 11.9 Å². The van der Waals surface area contributed by atoms with Gasteiger partial charge in [0, 0.05) is 18.7 Å². The second-order valence-corrected chi connectivity index (χ2v) is 6.38. The number of ether oxygens (including phenoxy) is 1. The highest BCUT2D eigenvalue weighted by molar-refractivity contribution is 5.58. The first-order valence-electron chi connectivity index (χ1n) is 8.60. The fraction of sp³-hybridized carbons (Fsp3) is 0.250. The maximum atomic E-state index is 13.1. The van der Waals surface area contributed by atoms with Crippen LogP contribution in [0.25, 0.3) is 11.3 Å². The first-order chi connectivity index (χ1) is 12.7. The first kappa shape index (κ1) is 16.8. The largest absolute Gasteiger partial charge is 0.508 e. The van der Waals surface area contributed by atoms with Crippen LogP contribution in [0.2, 0.25) is 0 Å². The Kier molecular flexibility index (Phi) is 4.69. The number of hydrogen-bond acceptors (Lipinski definition) is 4. The van der Waals surface area contributed by atoms with Crippen molar-refractivity contribution in [3.05, 3.63) is 71.9 Å². The lowest BCUT2D eigenvalue weighted by molar-refractivity contribution is -0.0158. The highest BCUT2D eigenvalue weighted by atomic mass is 19.1. The third-order valence-electron chi connectivity index (χ3n) is 4.67. The van der Waals surface area contributed by atoms with Crippen molar-refractivity contribution in [2.24, 2.45) is 0 Å². The number of nitrogens with zero attached hydrogens (tertiary/aromatic N) is 2. The van der Waals surface area contributed by atoms with Crippen molar-refractivity contribution in [2.45, 2.75) is 12.6 Å². The Labute approximate surface area is 151 Å². The SMILES string of the molecule is Oc1ccccc1CN1CCOCC1c1ncc(-c2ccc(F)cc2)[nH]1. The zero-order chi connectivity index (χ0) is 17.9. The molecular formula is C20H20FN3O2. The molecule has 2 N–H and O–H groups in total. The molecule has 1 unspecified atom stereocenters. The second kappa shape index (κ2) is 7.27. The van der Waals surface area contributed by atoms with E-state index < -0.39 is 0 Å². The summed E-state index contributed by atoms with van der Waals surface area (Å²) < 4.78 is 18.8. The Balaban J connectivity index is 1.57. The molecule has 1 atom stereocenters. The minimum absolute atomic E-state index is 0.0300. The third kappa shape index (κ3) is 3.47. The molecule has 1 aliphatic rings. The van der Waals surface area contributed by atoms with Crippen LogP contribution in [0.4, 0.5) is 4.39 Å². The normalized spacial score (nSPS) is 18.1. The number of nitrogens with one attached hydrogen (secondary N) is 1. The summed E-state index contributed by atoms with van der Waals surface area (Å²) in [7, 11) is 0. The van der Waals surface area contributed by atoms with Crippen molar-refractivity contribution < 1.29 is 14.2 Å². The lowest BCUT2D eigenvalue weighted by Gasteiger charge is -2.34. The lowest BCUT2D eigenvalue weighted by Crippen LogP contribution is -2.39. The molecule has 1 aromatic heterocycles. The number of phenols is 1. The van der Waals surface area contributed by atoms with Gasteiger partial charge in [0.05, 0.1) is 31.1 Å². The van der Waals surface area contributed by atoms with Crippen molar-refractivity contribution in [2.75, 3.05) is 19.8 Å². The van der Waals surface area contributed by atoms with E-state index in [9.17, 15) is 9.50 Å². The summed E-state index contributed by atoms with van der Waals surface area (Å²) in [6.45, 7) is 2.55. The summed E-state index contributed by atoms with van der Waals surface area (Å²) in [5.41, 5.74) is 2.60. The predicted molar refractivity (Wildman–Crippen MR) is 96.1 cm³/mol. The van der Waals surface area contributed by atoms with E-state index in [1.807, 2.05) is 18.2 Å². The molecule has 2 aromatic carbocycles. The van der Waals surface area contributed by atoms with Crippen LogP contribution in [0, 0.1) is 5.82 Å². The van der Waals surface area contributed by atoms with E-state index in [0.717, 1.165) is 29.2 Å². The van der Waals surface area contributed by atoms with Crippen molar-refractivity contribution in [3.8, 4) is 17.0 Å². The van der Waals surface area contributed by atoms with Gasteiger partial charge in [-0.1, -0.05) is 18.2 Å². The molecule has 0 spiro atoms. The van der Waals surface area contributed by atoms with Gasteiger partial charge in [-0.25, -0.2) is 9.37 Å². The summed E-state index contributed by atoms with van der Waals surface area (Å²) in [5.74, 6) is 0.839. The van der Waals surface area contributed by atoms with Crippen LogP contribution in [0.5, 0.6) is 5.75 Å². The number of rotatable bonds is 4. The van der Waals surface area contributed by atoms with Crippen LogP contribution >= 0.6 is 0 Å². The number of H-pyrrole nitrogens is 1. The van der Waals surface area contributed by atoms with Gasteiger partial charge < -0.3 is 14.8 Å². The van der Waals surface area contributed by atoms with Gasteiger partial charge in [0.2, 0.25) is 0 Å². The Hall–Kier alpha value is -2.70. The van der Waals surface area contributed by atoms with E-state index in [1.54, 1.807) is 24.4 Å². The number of aromatic nitrogens is 2. The number of aromatic amines is 1. The molecule has 0 amide bonds. The molecule has 5 nitrogen and oxygen atoms in total. The van der Waals surface area contributed by atoms with E-state index in [1.165, 1.54) is 12.1 Å². The van der Waals surface area contributed by atoms with Crippen molar-refractivity contribution in [1.29, 1.82) is 0 Å². The fourth-order valence-electron chi connectivity index (χ4n) is 3.22. The molecule has 0 radical (unpaired) electrons. The third-order valence-corrected chi connectivity index (χ3v) is 4.67. The van der Waals surface area contributed by atoms with Gasteiger partial charge in [-0.3, -0.25) is 4.90 Å². The van der Waals surface area contributed by atoms with Crippen molar-refractivity contribution in [1.82, 2.24) is 14.9 Å². The molecular weight excluding hydrogens is 333 g/mol. The summed E-state index contributed by atoms with van der Waals surface area (Å²) in [5, 5.41) is 10.1. The van der Waals surface area contributed by atoms with Gasteiger partial charge in [-0.05, 0) is 35.9 Å². The smallest absolute Gasteiger partial charge is 0.126 e. The van der Waals surface area contributed by atoms with Gasteiger partial charge in [-0.2, -0.15) is 0 Å². The number of morpholine rings is 1. The van der Waals surface area contributed by atoms with E-state index in [2.05, 4.69) is 14.9 Å². The first-order valence-corrected chi connectivity index (χ1v) is 8.60. The number of phenolic OH excluding ortho intramolecular Hbond substituents is 1. The van der Waals surface area contributed by atoms with Crippen LogP contribution in [0.3, 0.4) is 0 Å². The monoisotopic (exact) mass is 353 g/mol. The molecule has 1 aliphatic heterocycles. The summed E-state index contributed by atoms with van der Waals surface area (Å²) in [6.07, 6.45) is 1.76. The molecule has 134 valence electrons. The Bertz CT molecular complexity index is 879. The van der Waals surface area contributed by atoms with Crippen LogP contribution in [0.15, 0.2) is 54.7 Å². The van der Waals surface area contributed by atoms with Gasteiger partial charge >= 0.3 is 0 Å². The average molecular weight is 353 g/mol. The Morgan fingerprint density at radius 3 is 2.81 bits per heavy atom. The molecule has 26 heavy (non-hydrogen) atoms. The predicted octanol–water partition coefficient (Wildman–Crippen LogP) is 3.49. The van der Waals surface area contributed by atoms with Crippen molar-refractivity contribution >= 4 is 0 Å². The standard InChI is InChI=1S/C20H20FN3O2/c21-16-7-5-14(6-8-16)17-11-22-20(23-17)18-13-26-10-9-24(18)12-15-3-1-2-4-19(15)25/h1-8,11,18,25H,9-10,12-13H2,(H,22,23). The number of imidazole rings is 1. The molecule has 1 fully saturated rings. The van der Waals surface area contributed by atoms with Gasteiger partial charge in [0.1, 0.15) is 17.4 Å². The Morgan fingerprint density at radius 1 is 1.19 bits per heavy atom. The minimum atomic E-state index is -0.261. The van der Waals surface area contributed by atoms with Crippen LogP contribution in [-0.2, 0) is 11.3 Å². The maximum absolute atomic E-state index is 13.1. The van der Waals surface area contributed by atoms with Crippen LogP contribution < -0.4 is 0 Å². The van der Waals surface area contributed by atoms with Crippen LogP contribution in [-0.4, -0.2) is 39.7 Å². The van der Waals surface area contributed by atoms with E-state index >= 15 is 0 Å². The van der Waals surface area contributed by atoms with Gasteiger partial charge in [0.25, 0.3) is 0 Å². The molecule has 0 aliphatic carbocycles. The maximum Gasteiger partial charge on any atom is 0.126 e.